The number of carbonyl (C=O) groups is 2. The highest BCUT2D eigenvalue weighted by Gasteiger charge is 2.42. The summed E-state index contributed by atoms with van der Waals surface area (Å²) in [4.78, 5) is 28.2. The molecule has 0 aromatic heterocycles. The first kappa shape index (κ1) is 23.5. The molecule has 2 aliphatic rings. The quantitative estimate of drug-likeness (QED) is 0.634. The molecular weight excluding hydrogens is 408 g/mol. The summed E-state index contributed by atoms with van der Waals surface area (Å²) in [6, 6.07) is 16.9. The number of hydrogen-bond acceptors (Lipinski definition) is 2. The van der Waals surface area contributed by atoms with E-state index in [-0.39, 0.29) is 11.8 Å². The molecule has 1 aliphatic carbocycles. The first-order valence-corrected chi connectivity index (χ1v) is 12.7. The zero-order valence-electron chi connectivity index (χ0n) is 20.2. The number of likely N-dealkylation sites (tertiary alicyclic amines) is 1. The minimum Gasteiger partial charge on any atom is -0.359 e. The monoisotopic (exact) mass is 446 g/mol. The predicted molar refractivity (Wildman–Crippen MR) is 134 cm³/mol. The minimum absolute atomic E-state index is 0.0986. The van der Waals surface area contributed by atoms with Gasteiger partial charge in [-0.05, 0) is 67.2 Å². The van der Waals surface area contributed by atoms with Crippen molar-refractivity contribution in [3.05, 3.63) is 59.7 Å². The van der Waals surface area contributed by atoms with Gasteiger partial charge in [-0.2, -0.15) is 0 Å². The van der Waals surface area contributed by atoms with Crippen molar-refractivity contribution in [2.45, 2.75) is 64.7 Å². The molecule has 4 heteroatoms. The maximum Gasteiger partial charge on any atom is 0.226 e. The lowest BCUT2D eigenvalue weighted by molar-refractivity contribution is -0.141. The fourth-order valence-electron chi connectivity index (χ4n) is 5.88. The summed E-state index contributed by atoms with van der Waals surface area (Å²) in [5.74, 6) is 0.937. The molecule has 0 radical (unpaired) electrons. The standard InChI is InChI=1S/C29H38N2O2/c1-22-10-6-8-14-25(22)26-15-9-7-13-24(26)21-29(28(33)30-2)16-18-31(19-17-29)27(32)20-23-11-4-3-5-12-23/h6-10,13-15,23H,3-5,11-12,16-21H2,1-2H3,(H,30,33). The average molecular weight is 447 g/mol. The first-order valence-electron chi connectivity index (χ1n) is 12.7. The lowest BCUT2D eigenvalue weighted by Gasteiger charge is -2.41. The van der Waals surface area contributed by atoms with Crippen LogP contribution in [0, 0.1) is 18.3 Å². The van der Waals surface area contributed by atoms with E-state index < -0.39 is 5.41 Å². The molecule has 176 valence electrons. The number of rotatable bonds is 6. The van der Waals surface area contributed by atoms with Gasteiger partial charge in [0, 0.05) is 26.6 Å². The number of nitrogens with one attached hydrogen (secondary N) is 1. The summed E-state index contributed by atoms with van der Waals surface area (Å²) in [6.07, 6.45) is 9.03. The summed E-state index contributed by atoms with van der Waals surface area (Å²) in [5.41, 5.74) is 4.39. The molecule has 4 nitrogen and oxygen atoms in total. The first-order chi connectivity index (χ1) is 16.0. The van der Waals surface area contributed by atoms with E-state index in [1.165, 1.54) is 54.4 Å². The van der Waals surface area contributed by atoms with Crippen molar-refractivity contribution in [3.63, 3.8) is 0 Å². The topological polar surface area (TPSA) is 49.4 Å². The fourth-order valence-corrected chi connectivity index (χ4v) is 5.88. The van der Waals surface area contributed by atoms with Crippen molar-refractivity contribution in [2.24, 2.45) is 11.3 Å². The third-order valence-corrected chi connectivity index (χ3v) is 7.95. The maximum atomic E-state index is 13.2. The zero-order chi connectivity index (χ0) is 23.3. The lowest BCUT2D eigenvalue weighted by atomic mass is 9.71. The van der Waals surface area contributed by atoms with Crippen LogP contribution in [-0.2, 0) is 16.0 Å². The molecule has 2 fully saturated rings. The molecule has 1 saturated carbocycles. The summed E-state index contributed by atoms with van der Waals surface area (Å²) < 4.78 is 0. The van der Waals surface area contributed by atoms with Gasteiger partial charge in [-0.15, -0.1) is 0 Å². The molecular formula is C29H38N2O2. The second-order valence-electron chi connectivity index (χ2n) is 10.1. The number of amides is 2. The number of hydrogen-bond donors (Lipinski definition) is 1. The second-order valence-corrected chi connectivity index (χ2v) is 10.1. The van der Waals surface area contributed by atoms with E-state index in [0.717, 1.165) is 0 Å². The Hall–Kier alpha value is -2.62. The number of carbonyl (C=O) groups excluding carboxylic acids is 2. The van der Waals surface area contributed by atoms with Gasteiger partial charge in [-0.3, -0.25) is 9.59 Å². The number of aryl methyl sites for hydroxylation is 1. The van der Waals surface area contributed by atoms with Gasteiger partial charge in [-0.25, -0.2) is 0 Å². The van der Waals surface area contributed by atoms with Gasteiger partial charge in [-0.1, -0.05) is 67.8 Å². The van der Waals surface area contributed by atoms with E-state index >= 15 is 0 Å². The Morgan fingerprint density at radius 3 is 2.24 bits per heavy atom. The Labute approximate surface area is 198 Å². The van der Waals surface area contributed by atoms with Crippen LogP contribution in [-0.4, -0.2) is 36.9 Å². The fraction of sp³-hybridized carbons (Fsp3) is 0.517. The van der Waals surface area contributed by atoms with Crippen LogP contribution in [0.5, 0.6) is 0 Å². The van der Waals surface area contributed by atoms with Gasteiger partial charge in [0.1, 0.15) is 0 Å². The Morgan fingerprint density at radius 2 is 1.58 bits per heavy atom. The molecule has 2 amide bonds. The molecule has 2 aromatic rings. The van der Waals surface area contributed by atoms with E-state index in [2.05, 4.69) is 60.8 Å². The zero-order valence-corrected chi connectivity index (χ0v) is 20.2. The number of benzene rings is 2. The van der Waals surface area contributed by atoms with Gasteiger partial charge in [0.15, 0.2) is 0 Å². The highest BCUT2D eigenvalue weighted by atomic mass is 16.2. The molecule has 1 aliphatic heterocycles. The van der Waals surface area contributed by atoms with Crippen LogP contribution in [0.2, 0.25) is 0 Å². The molecule has 0 unspecified atom stereocenters. The molecule has 2 aromatic carbocycles. The van der Waals surface area contributed by atoms with Gasteiger partial charge in [0.05, 0.1) is 5.41 Å². The average Bonchev–Trinajstić information content (AvgIpc) is 2.85. The molecule has 4 rings (SSSR count). The summed E-state index contributed by atoms with van der Waals surface area (Å²) >= 11 is 0. The minimum atomic E-state index is -0.477. The molecule has 0 bridgehead atoms. The van der Waals surface area contributed by atoms with E-state index in [4.69, 9.17) is 0 Å². The predicted octanol–water partition coefficient (Wildman–Crippen LogP) is 5.53. The third kappa shape index (κ3) is 5.31. The van der Waals surface area contributed by atoms with Crippen LogP contribution in [0.1, 0.15) is 62.5 Å². The SMILES string of the molecule is CNC(=O)C1(Cc2ccccc2-c2ccccc2C)CCN(C(=O)CC2CCCCC2)CC1. The van der Waals surface area contributed by atoms with Crippen LogP contribution in [0.4, 0.5) is 0 Å². The van der Waals surface area contributed by atoms with Crippen LogP contribution in [0.15, 0.2) is 48.5 Å². The van der Waals surface area contributed by atoms with Crippen molar-refractivity contribution in [2.75, 3.05) is 20.1 Å². The van der Waals surface area contributed by atoms with Crippen molar-refractivity contribution >= 4 is 11.8 Å². The second kappa shape index (κ2) is 10.5. The number of piperidine rings is 1. The van der Waals surface area contributed by atoms with Crippen LogP contribution in [0.25, 0.3) is 11.1 Å². The van der Waals surface area contributed by atoms with Gasteiger partial charge >= 0.3 is 0 Å². The Morgan fingerprint density at radius 1 is 0.939 bits per heavy atom. The van der Waals surface area contributed by atoms with Gasteiger partial charge in [0.25, 0.3) is 0 Å². The van der Waals surface area contributed by atoms with Crippen LogP contribution in [0.3, 0.4) is 0 Å². The normalized spacial score (nSPS) is 18.7. The van der Waals surface area contributed by atoms with Gasteiger partial charge < -0.3 is 10.2 Å². The van der Waals surface area contributed by atoms with E-state index in [9.17, 15) is 9.59 Å². The molecule has 0 atom stereocenters. The van der Waals surface area contributed by atoms with Crippen molar-refractivity contribution in [3.8, 4) is 11.1 Å². The Balaban J connectivity index is 1.51. The largest absolute Gasteiger partial charge is 0.359 e. The maximum absolute atomic E-state index is 13.2. The molecule has 0 spiro atoms. The number of nitrogens with zero attached hydrogens (tertiary/aromatic N) is 1. The highest BCUT2D eigenvalue weighted by Crippen LogP contribution is 2.39. The highest BCUT2D eigenvalue weighted by molar-refractivity contribution is 5.84. The third-order valence-electron chi connectivity index (χ3n) is 7.95. The molecule has 1 heterocycles. The molecule has 1 saturated heterocycles. The summed E-state index contributed by atoms with van der Waals surface area (Å²) in [5, 5.41) is 2.93. The van der Waals surface area contributed by atoms with Crippen molar-refractivity contribution in [1.82, 2.24) is 10.2 Å². The van der Waals surface area contributed by atoms with Crippen LogP contribution < -0.4 is 5.32 Å². The van der Waals surface area contributed by atoms with Crippen molar-refractivity contribution in [1.29, 1.82) is 0 Å². The Kier molecular flexibility index (Phi) is 7.52. The lowest BCUT2D eigenvalue weighted by Crippen LogP contribution is -2.50. The van der Waals surface area contributed by atoms with Gasteiger partial charge in [0.2, 0.25) is 11.8 Å². The van der Waals surface area contributed by atoms with Crippen molar-refractivity contribution < 1.29 is 9.59 Å². The van der Waals surface area contributed by atoms with Crippen LogP contribution >= 0.6 is 0 Å². The molecule has 1 N–H and O–H groups in total. The van der Waals surface area contributed by atoms with E-state index in [1.807, 2.05) is 4.90 Å². The summed E-state index contributed by atoms with van der Waals surface area (Å²) in [7, 11) is 1.73. The Bertz CT molecular complexity index is 969. The molecule has 33 heavy (non-hydrogen) atoms. The van der Waals surface area contributed by atoms with E-state index in [0.29, 0.717) is 44.7 Å². The smallest absolute Gasteiger partial charge is 0.226 e. The van der Waals surface area contributed by atoms with E-state index in [1.54, 1.807) is 7.05 Å². The summed E-state index contributed by atoms with van der Waals surface area (Å²) in [6.45, 7) is 3.48.